The Kier molecular flexibility index (Phi) is 6.68. The molecule has 2 N–H and O–H groups in total. The predicted molar refractivity (Wildman–Crippen MR) is 97.9 cm³/mol. The van der Waals surface area contributed by atoms with Crippen LogP contribution in [0.4, 0.5) is 5.82 Å². The molecule has 5 heteroatoms. The van der Waals surface area contributed by atoms with Crippen LogP contribution in [0.5, 0.6) is 0 Å². The summed E-state index contributed by atoms with van der Waals surface area (Å²) in [6, 6.07) is 4.62. The van der Waals surface area contributed by atoms with Gasteiger partial charge in [-0.15, -0.1) is 0 Å². The monoisotopic (exact) mass is 317 g/mol. The third-order valence-corrected chi connectivity index (χ3v) is 4.37. The maximum Gasteiger partial charge on any atom is 0.191 e. The molecule has 128 valence electrons. The summed E-state index contributed by atoms with van der Waals surface area (Å²) >= 11 is 0. The minimum absolute atomic E-state index is 0.394. The van der Waals surface area contributed by atoms with E-state index in [1.54, 1.807) is 0 Å². The van der Waals surface area contributed by atoms with Gasteiger partial charge in [-0.1, -0.05) is 13.8 Å². The number of pyridine rings is 1. The molecule has 23 heavy (non-hydrogen) atoms. The molecule has 1 aliphatic rings. The van der Waals surface area contributed by atoms with E-state index in [1.807, 2.05) is 6.20 Å². The van der Waals surface area contributed by atoms with Crippen LogP contribution in [0.2, 0.25) is 0 Å². The Morgan fingerprint density at radius 3 is 2.70 bits per heavy atom. The van der Waals surface area contributed by atoms with Crippen molar-refractivity contribution in [2.45, 2.75) is 53.1 Å². The molecule has 1 aliphatic heterocycles. The second-order valence-corrected chi connectivity index (χ2v) is 6.59. The summed E-state index contributed by atoms with van der Waals surface area (Å²) in [6.07, 6.45) is 4.44. The number of aliphatic imine (C=N–C) groups is 1. The summed E-state index contributed by atoms with van der Waals surface area (Å²) in [7, 11) is 0. The Balaban J connectivity index is 2.01. The molecule has 2 heterocycles. The minimum Gasteiger partial charge on any atom is -0.357 e. The molecule has 2 rings (SSSR count). The quantitative estimate of drug-likeness (QED) is 0.626. The molecular weight excluding hydrogens is 286 g/mol. The van der Waals surface area contributed by atoms with Gasteiger partial charge in [-0.25, -0.2) is 9.98 Å². The normalized spacial score (nSPS) is 16.7. The summed E-state index contributed by atoms with van der Waals surface area (Å²) in [4.78, 5) is 11.6. The van der Waals surface area contributed by atoms with E-state index in [0.29, 0.717) is 18.5 Å². The van der Waals surface area contributed by atoms with Crippen molar-refractivity contribution in [2.75, 3.05) is 24.5 Å². The van der Waals surface area contributed by atoms with E-state index in [-0.39, 0.29) is 0 Å². The molecule has 5 nitrogen and oxygen atoms in total. The van der Waals surface area contributed by atoms with Crippen molar-refractivity contribution in [2.24, 2.45) is 10.9 Å². The van der Waals surface area contributed by atoms with E-state index >= 15 is 0 Å². The van der Waals surface area contributed by atoms with Crippen molar-refractivity contribution in [1.82, 2.24) is 15.6 Å². The van der Waals surface area contributed by atoms with Crippen molar-refractivity contribution < 1.29 is 0 Å². The van der Waals surface area contributed by atoms with E-state index in [9.17, 15) is 0 Å². The highest BCUT2D eigenvalue weighted by molar-refractivity contribution is 5.80. The Morgan fingerprint density at radius 2 is 2.04 bits per heavy atom. The maximum atomic E-state index is 4.72. The molecule has 0 saturated carbocycles. The zero-order chi connectivity index (χ0) is 16.7. The molecule has 0 aromatic carbocycles. The topological polar surface area (TPSA) is 52.6 Å². The number of hydrogen-bond acceptors (Lipinski definition) is 3. The lowest BCUT2D eigenvalue weighted by Gasteiger charge is -2.21. The van der Waals surface area contributed by atoms with Crippen LogP contribution in [0, 0.1) is 5.92 Å². The van der Waals surface area contributed by atoms with Gasteiger partial charge in [0.05, 0.1) is 6.54 Å². The van der Waals surface area contributed by atoms with Gasteiger partial charge in [0.15, 0.2) is 5.96 Å². The Labute approximate surface area is 140 Å². The molecule has 1 saturated heterocycles. The van der Waals surface area contributed by atoms with Crippen LogP contribution < -0.4 is 15.5 Å². The Bertz CT molecular complexity index is 506. The number of anilines is 1. The van der Waals surface area contributed by atoms with Gasteiger partial charge in [0.2, 0.25) is 0 Å². The highest BCUT2D eigenvalue weighted by Crippen LogP contribution is 2.18. The first-order chi connectivity index (χ1) is 11.1. The zero-order valence-corrected chi connectivity index (χ0v) is 15.0. The van der Waals surface area contributed by atoms with E-state index in [0.717, 1.165) is 31.4 Å². The Hall–Kier alpha value is -1.78. The second-order valence-electron chi connectivity index (χ2n) is 6.59. The predicted octanol–water partition coefficient (Wildman–Crippen LogP) is 2.78. The molecule has 1 aromatic rings. The van der Waals surface area contributed by atoms with E-state index < -0.39 is 0 Å². The van der Waals surface area contributed by atoms with Gasteiger partial charge in [-0.05, 0) is 50.3 Å². The number of rotatable bonds is 6. The fourth-order valence-corrected chi connectivity index (χ4v) is 2.55. The van der Waals surface area contributed by atoms with Crippen LogP contribution in [0.3, 0.4) is 0 Å². The Morgan fingerprint density at radius 1 is 1.30 bits per heavy atom. The van der Waals surface area contributed by atoms with Gasteiger partial charge in [0.25, 0.3) is 0 Å². The van der Waals surface area contributed by atoms with Gasteiger partial charge in [-0.3, -0.25) is 0 Å². The number of hydrogen-bond donors (Lipinski definition) is 2. The van der Waals surface area contributed by atoms with Gasteiger partial charge >= 0.3 is 0 Å². The molecule has 0 spiro atoms. The highest BCUT2D eigenvalue weighted by atomic mass is 15.2. The molecule has 1 fully saturated rings. The van der Waals surface area contributed by atoms with Crippen LogP contribution in [-0.2, 0) is 6.54 Å². The number of guanidine groups is 1. The van der Waals surface area contributed by atoms with Gasteiger partial charge in [0, 0.05) is 31.9 Å². The van der Waals surface area contributed by atoms with Crippen LogP contribution in [-0.4, -0.2) is 36.6 Å². The van der Waals surface area contributed by atoms with Crippen LogP contribution in [0.1, 0.15) is 46.1 Å². The van der Waals surface area contributed by atoms with Crippen molar-refractivity contribution in [3.63, 3.8) is 0 Å². The first-order valence-electron chi connectivity index (χ1n) is 8.85. The largest absolute Gasteiger partial charge is 0.357 e. The fraction of sp³-hybridized carbons (Fsp3) is 0.667. The molecule has 0 bridgehead atoms. The van der Waals surface area contributed by atoms with Gasteiger partial charge in [-0.2, -0.15) is 0 Å². The molecule has 0 aliphatic carbocycles. The molecule has 1 aromatic heterocycles. The standard InChI is InChI=1S/C18H31N5/c1-5-19-18(22-15(4)14(2)3)21-13-16-8-9-20-17(12-16)23-10-6-7-11-23/h8-9,12,14-15H,5-7,10-11,13H2,1-4H3,(H2,19,21,22). The fourth-order valence-electron chi connectivity index (χ4n) is 2.55. The van der Waals surface area contributed by atoms with E-state index in [1.165, 1.54) is 18.4 Å². The van der Waals surface area contributed by atoms with Crippen LogP contribution >= 0.6 is 0 Å². The minimum atomic E-state index is 0.394. The van der Waals surface area contributed by atoms with E-state index in [2.05, 4.69) is 60.3 Å². The first-order valence-corrected chi connectivity index (χ1v) is 8.85. The van der Waals surface area contributed by atoms with Crippen LogP contribution in [0.15, 0.2) is 23.3 Å². The van der Waals surface area contributed by atoms with Gasteiger partial charge < -0.3 is 15.5 Å². The SMILES string of the molecule is CCNC(=NCc1ccnc(N2CCCC2)c1)NC(C)C(C)C. The van der Waals surface area contributed by atoms with Gasteiger partial charge in [0.1, 0.15) is 5.82 Å². The summed E-state index contributed by atoms with van der Waals surface area (Å²) in [5.41, 5.74) is 1.20. The van der Waals surface area contributed by atoms with Crippen molar-refractivity contribution in [3.05, 3.63) is 23.9 Å². The van der Waals surface area contributed by atoms with Crippen LogP contribution in [0.25, 0.3) is 0 Å². The summed E-state index contributed by atoms with van der Waals surface area (Å²) in [6.45, 7) is 12.5. The number of nitrogens with one attached hydrogen (secondary N) is 2. The molecule has 0 radical (unpaired) electrons. The summed E-state index contributed by atoms with van der Waals surface area (Å²) in [5, 5.41) is 6.79. The molecule has 1 atom stereocenters. The smallest absolute Gasteiger partial charge is 0.191 e. The molecule has 0 amide bonds. The average Bonchev–Trinajstić information content (AvgIpc) is 3.07. The van der Waals surface area contributed by atoms with Crippen molar-refractivity contribution >= 4 is 11.8 Å². The summed E-state index contributed by atoms with van der Waals surface area (Å²) in [5.74, 6) is 2.54. The lowest BCUT2D eigenvalue weighted by atomic mass is 10.1. The summed E-state index contributed by atoms with van der Waals surface area (Å²) < 4.78 is 0. The lowest BCUT2D eigenvalue weighted by molar-refractivity contribution is 0.481. The first kappa shape index (κ1) is 17.6. The average molecular weight is 317 g/mol. The van der Waals surface area contributed by atoms with Crippen molar-refractivity contribution in [3.8, 4) is 0 Å². The maximum absolute atomic E-state index is 4.72. The molecule has 1 unspecified atom stereocenters. The zero-order valence-electron chi connectivity index (χ0n) is 15.0. The third-order valence-electron chi connectivity index (χ3n) is 4.37. The lowest BCUT2D eigenvalue weighted by Crippen LogP contribution is -2.44. The molecular formula is C18H31N5. The van der Waals surface area contributed by atoms with Crippen molar-refractivity contribution in [1.29, 1.82) is 0 Å². The van der Waals surface area contributed by atoms with E-state index in [4.69, 9.17) is 4.99 Å². The second kappa shape index (κ2) is 8.75. The number of aromatic nitrogens is 1. The highest BCUT2D eigenvalue weighted by Gasteiger charge is 2.13. The number of nitrogens with zero attached hydrogens (tertiary/aromatic N) is 3. The third kappa shape index (κ3) is 5.41.